The summed E-state index contributed by atoms with van der Waals surface area (Å²) in [5.41, 5.74) is 5.69. The lowest BCUT2D eigenvalue weighted by Gasteiger charge is -2.30. The van der Waals surface area contributed by atoms with E-state index in [9.17, 15) is 0 Å². The molecule has 2 N–H and O–H groups in total. The van der Waals surface area contributed by atoms with Crippen molar-refractivity contribution >= 4 is 5.82 Å². The van der Waals surface area contributed by atoms with Gasteiger partial charge < -0.3 is 15.2 Å². The maximum absolute atomic E-state index is 5.69. The normalized spacial score (nSPS) is 11.4. The van der Waals surface area contributed by atoms with Crippen LogP contribution < -0.4 is 15.2 Å². The first-order valence-electron chi connectivity index (χ1n) is 6.50. The second kappa shape index (κ2) is 7.13. The van der Waals surface area contributed by atoms with E-state index >= 15 is 0 Å². The van der Waals surface area contributed by atoms with Gasteiger partial charge in [0.25, 0.3) is 5.88 Å². The van der Waals surface area contributed by atoms with E-state index in [1.807, 2.05) is 0 Å². The van der Waals surface area contributed by atoms with Gasteiger partial charge in [-0.3, -0.25) is 4.90 Å². The highest BCUT2D eigenvalue weighted by molar-refractivity contribution is 5.51. The lowest BCUT2D eigenvalue weighted by Crippen LogP contribution is -2.39. The molecule has 1 rings (SSSR count). The Hall–Kier alpha value is -1.56. The first-order valence-corrected chi connectivity index (χ1v) is 6.50. The van der Waals surface area contributed by atoms with E-state index in [4.69, 9.17) is 15.2 Å². The molecule has 0 aliphatic rings. The van der Waals surface area contributed by atoms with Gasteiger partial charge in [-0.25, -0.2) is 4.98 Å². The smallest absolute Gasteiger partial charge is 0.262 e. The molecule has 1 aromatic heterocycles. The molecule has 0 aliphatic heterocycles. The number of aromatic nitrogens is 2. The quantitative estimate of drug-likeness (QED) is 0.809. The molecule has 1 heterocycles. The number of hydrogen-bond donors (Lipinski definition) is 1. The minimum Gasteiger partial charge on any atom is -0.489 e. The molecule has 0 aliphatic carbocycles. The molecule has 0 fully saturated rings. The van der Waals surface area contributed by atoms with E-state index in [1.165, 1.54) is 13.4 Å². The lowest BCUT2D eigenvalue weighted by atomic mass is 10.2. The maximum Gasteiger partial charge on any atom is 0.262 e. The fraction of sp³-hybridized carbons (Fsp3) is 0.692. The Balaban J connectivity index is 2.60. The summed E-state index contributed by atoms with van der Waals surface area (Å²) >= 11 is 0. The van der Waals surface area contributed by atoms with Gasteiger partial charge in [0.15, 0.2) is 5.82 Å². The third-order valence-electron chi connectivity index (χ3n) is 2.92. The van der Waals surface area contributed by atoms with E-state index in [2.05, 4.69) is 42.6 Å². The van der Waals surface area contributed by atoms with Gasteiger partial charge in [-0.15, -0.1) is 0 Å². The first kappa shape index (κ1) is 15.5. The topological polar surface area (TPSA) is 73.5 Å². The molecule has 6 heteroatoms. The third-order valence-corrected chi connectivity index (χ3v) is 2.92. The Labute approximate surface area is 114 Å². The number of methoxy groups -OCH3 is 1. The molecule has 0 radical (unpaired) electrons. The molecule has 0 amide bonds. The SMILES string of the molecule is COc1c(N)ncnc1OCCN(C(C)C)C(C)C. The molecule has 108 valence electrons. The number of nitrogen functional groups attached to an aromatic ring is 1. The van der Waals surface area contributed by atoms with E-state index in [-0.39, 0.29) is 5.82 Å². The van der Waals surface area contributed by atoms with Crippen LogP contribution in [0.1, 0.15) is 27.7 Å². The van der Waals surface area contributed by atoms with Crippen LogP contribution in [0.2, 0.25) is 0 Å². The monoisotopic (exact) mass is 268 g/mol. The lowest BCUT2D eigenvalue weighted by molar-refractivity contribution is 0.138. The predicted molar refractivity (Wildman–Crippen MR) is 75.5 cm³/mol. The summed E-state index contributed by atoms with van der Waals surface area (Å²) in [7, 11) is 1.52. The van der Waals surface area contributed by atoms with Crippen LogP contribution in [0, 0.1) is 0 Å². The number of nitrogens with two attached hydrogens (primary N) is 1. The molecule has 0 bridgehead atoms. The van der Waals surface area contributed by atoms with Crippen molar-refractivity contribution in [3.63, 3.8) is 0 Å². The molecular weight excluding hydrogens is 244 g/mol. The first-order chi connectivity index (χ1) is 8.97. The molecule has 0 saturated heterocycles. The van der Waals surface area contributed by atoms with Crippen molar-refractivity contribution in [2.24, 2.45) is 0 Å². The molecule has 6 nitrogen and oxygen atoms in total. The minimum absolute atomic E-state index is 0.289. The van der Waals surface area contributed by atoms with Gasteiger partial charge in [-0.1, -0.05) is 0 Å². The fourth-order valence-electron chi connectivity index (χ4n) is 2.03. The molecule has 0 atom stereocenters. The van der Waals surface area contributed by atoms with Crippen LogP contribution in [0.3, 0.4) is 0 Å². The van der Waals surface area contributed by atoms with Crippen LogP contribution in [-0.2, 0) is 0 Å². The largest absolute Gasteiger partial charge is 0.489 e. The summed E-state index contributed by atoms with van der Waals surface area (Å²) in [5, 5.41) is 0. The van der Waals surface area contributed by atoms with Gasteiger partial charge in [0, 0.05) is 18.6 Å². The van der Waals surface area contributed by atoms with Crippen LogP contribution >= 0.6 is 0 Å². The molecular formula is C13H24N4O2. The van der Waals surface area contributed by atoms with E-state index in [0.29, 0.717) is 30.3 Å². The van der Waals surface area contributed by atoms with Crippen LogP contribution in [-0.4, -0.2) is 47.2 Å². The Kier molecular flexibility index (Phi) is 5.82. The van der Waals surface area contributed by atoms with Crippen molar-refractivity contribution in [1.82, 2.24) is 14.9 Å². The zero-order valence-electron chi connectivity index (χ0n) is 12.4. The minimum atomic E-state index is 0.289. The van der Waals surface area contributed by atoms with E-state index in [0.717, 1.165) is 6.54 Å². The van der Waals surface area contributed by atoms with Gasteiger partial charge in [0.05, 0.1) is 7.11 Å². The van der Waals surface area contributed by atoms with E-state index in [1.54, 1.807) is 0 Å². The fourth-order valence-corrected chi connectivity index (χ4v) is 2.03. The van der Waals surface area contributed by atoms with Crippen molar-refractivity contribution < 1.29 is 9.47 Å². The molecule has 0 spiro atoms. The number of ether oxygens (including phenoxy) is 2. The number of hydrogen-bond acceptors (Lipinski definition) is 6. The van der Waals surface area contributed by atoms with Gasteiger partial charge in [0.1, 0.15) is 12.9 Å². The molecule has 0 aromatic carbocycles. The second-order valence-electron chi connectivity index (χ2n) is 4.87. The zero-order valence-corrected chi connectivity index (χ0v) is 12.4. The third kappa shape index (κ3) is 4.24. The second-order valence-corrected chi connectivity index (χ2v) is 4.87. The standard InChI is InChI=1S/C13H24N4O2/c1-9(2)17(10(3)4)6-7-19-13-11(18-5)12(14)15-8-16-13/h8-10H,6-7H2,1-5H3,(H2,14,15,16). The Bertz CT molecular complexity index is 388. The van der Waals surface area contributed by atoms with Gasteiger partial charge in [0.2, 0.25) is 5.75 Å². The average Bonchev–Trinajstić information content (AvgIpc) is 2.33. The Morgan fingerprint density at radius 1 is 1.21 bits per heavy atom. The number of nitrogens with zero attached hydrogens (tertiary/aromatic N) is 3. The van der Waals surface area contributed by atoms with E-state index < -0.39 is 0 Å². The number of anilines is 1. The van der Waals surface area contributed by atoms with Crippen molar-refractivity contribution in [1.29, 1.82) is 0 Å². The zero-order chi connectivity index (χ0) is 14.4. The predicted octanol–water partition coefficient (Wildman–Crippen LogP) is 1.56. The molecule has 1 aromatic rings. The summed E-state index contributed by atoms with van der Waals surface area (Å²) in [6, 6.07) is 0.946. The highest BCUT2D eigenvalue weighted by Gasteiger charge is 2.15. The summed E-state index contributed by atoms with van der Waals surface area (Å²) in [4.78, 5) is 10.2. The molecule has 0 saturated carbocycles. The highest BCUT2D eigenvalue weighted by Crippen LogP contribution is 2.28. The Morgan fingerprint density at radius 2 is 1.84 bits per heavy atom. The average molecular weight is 268 g/mol. The van der Waals surface area contributed by atoms with Crippen molar-refractivity contribution in [2.45, 2.75) is 39.8 Å². The molecule has 0 unspecified atom stereocenters. The summed E-state index contributed by atoms with van der Waals surface area (Å²) in [6.45, 7) is 10.0. The van der Waals surface area contributed by atoms with Crippen LogP contribution in [0.5, 0.6) is 11.6 Å². The molecule has 19 heavy (non-hydrogen) atoms. The van der Waals surface area contributed by atoms with Crippen LogP contribution in [0.4, 0.5) is 5.82 Å². The van der Waals surface area contributed by atoms with Gasteiger partial charge in [-0.2, -0.15) is 4.98 Å². The van der Waals surface area contributed by atoms with Gasteiger partial charge in [-0.05, 0) is 27.7 Å². The number of rotatable bonds is 7. The van der Waals surface area contributed by atoms with Crippen molar-refractivity contribution in [2.75, 3.05) is 26.0 Å². The van der Waals surface area contributed by atoms with Crippen LogP contribution in [0.25, 0.3) is 0 Å². The Morgan fingerprint density at radius 3 is 2.37 bits per heavy atom. The summed E-state index contributed by atoms with van der Waals surface area (Å²) in [6.07, 6.45) is 1.37. The maximum atomic E-state index is 5.69. The summed E-state index contributed by atoms with van der Waals surface area (Å²) < 4.78 is 10.8. The van der Waals surface area contributed by atoms with Crippen molar-refractivity contribution in [3.05, 3.63) is 6.33 Å². The van der Waals surface area contributed by atoms with Crippen LogP contribution in [0.15, 0.2) is 6.33 Å². The van der Waals surface area contributed by atoms with Gasteiger partial charge >= 0.3 is 0 Å². The van der Waals surface area contributed by atoms with Crippen molar-refractivity contribution in [3.8, 4) is 11.6 Å². The summed E-state index contributed by atoms with van der Waals surface area (Å²) in [5.74, 6) is 1.07. The highest BCUT2D eigenvalue weighted by atomic mass is 16.5.